The van der Waals surface area contributed by atoms with Gasteiger partial charge >= 0.3 is 5.97 Å². The van der Waals surface area contributed by atoms with Gasteiger partial charge in [-0.3, -0.25) is 0 Å². The maximum atomic E-state index is 11.5. The smallest absolute Gasteiger partial charge is 0.346 e. The lowest BCUT2D eigenvalue weighted by Crippen LogP contribution is -2.31. The number of ether oxygens (including phenoxy) is 1. The molecule has 0 unspecified atom stereocenters. The summed E-state index contributed by atoms with van der Waals surface area (Å²) in [5.74, 6) is 0.0724. The first-order valence-corrected chi connectivity index (χ1v) is 9.96. The summed E-state index contributed by atoms with van der Waals surface area (Å²) in [6.45, 7) is 1.77. The largest absolute Gasteiger partial charge is 0.477 e. The van der Waals surface area contributed by atoms with Crippen LogP contribution in [0.25, 0.3) is 10.2 Å². The number of nitrogens with zero attached hydrogens (tertiary/aromatic N) is 3. The van der Waals surface area contributed by atoms with Crippen molar-refractivity contribution in [3.8, 4) is 5.88 Å². The van der Waals surface area contributed by atoms with Crippen molar-refractivity contribution in [1.29, 1.82) is 0 Å². The number of thiophene rings is 1. The summed E-state index contributed by atoms with van der Waals surface area (Å²) in [5, 5.41) is 13.4. The van der Waals surface area contributed by atoms with Crippen molar-refractivity contribution < 1.29 is 14.6 Å². The summed E-state index contributed by atoms with van der Waals surface area (Å²) in [6, 6.07) is 3.93. The van der Waals surface area contributed by atoms with E-state index in [1.54, 1.807) is 13.1 Å². The van der Waals surface area contributed by atoms with Crippen LogP contribution in [-0.2, 0) is 0 Å². The van der Waals surface area contributed by atoms with E-state index in [-0.39, 0.29) is 17.0 Å². The fourth-order valence-corrected chi connectivity index (χ4v) is 4.43. The highest BCUT2D eigenvalue weighted by Crippen LogP contribution is 2.36. The van der Waals surface area contributed by atoms with Crippen LogP contribution in [0.2, 0.25) is 0 Å². The highest BCUT2D eigenvalue weighted by molar-refractivity contribution is 7.20. The molecule has 0 atom stereocenters. The second kappa shape index (κ2) is 7.69. The minimum atomic E-state index is -0.965. The molecular weight excluding hydrogens is 378 g/mol. The summed E-state index contributed by atoms with van der Waals surface area (Å²) in [4.78, 5) is 25.3. The van der Waals surface area contributed by atoms with E-state index in [0.717, 1.165) is 37.0 Å². The van der Waals surface area contributed by atoms with Crippen molar-refractivity contribution in [3.63, 3.8) is 0 Å². The quantitative estimate of drug-likeness (QED) is 0.596. The van der Waals surface area contributed by atoms with Gasteiger partial charge in [0.25, 0.3) is 0 Å². The molecule has 4 N–H and O–H groups in total. The standard InChI is InChI=1S/C19H21N5O3S/c1-10-14-16(22-9-23-18(14)28-15(10)19(25)26)24-13-3-2-8-21-17(13)27-12-6-4-11(20)5-7-12/h2-3,8-9,11-12H,4-7,20H2,1H3,(H,25,26)(H,22,23,24)/t11-,12-. The highest BCUT2D eigenvalue weighted by atomic mass is 32.1. The fraction of sp³-hybridized carbons (Fsp3) is 0.368. The number of nitrogens with two attached hydrogens (primary N) is 1. The van der Waals surface area contributed by atoms with Gasteiger partial charge in [-0.15, -0.1) is 11.3 Å². The van der Waals surface area contributed by atoms with Crippen molar-refractivity contribution in [2.24, 2.45) is 5.73 Å². The molecule has 3 aromatic heterocycles. The van der Waals surface area contributed by atoms with Gasteiger partial charge in [-0.25, -0.2) is 19.7 Å². The summed E-state index contributed by atoms with van der Waals surface area (Å²) < 4.78 is 6.13. The number of pyridine rings is 1. The van der Waals surface area contributed by atoms with E-state index in [9.17, 15) is 9.90 Å². The Morgan fingerprint density at radius 2 is 2.07 bits per heavy atom. The first-order chi connectivity index (χ1) is 13.5. The Morgan fingerprint density at radius 1 is 1.29 bits per heavy atom. The van der Waals surface area contributed by atoms with Gasteiger partial charge in [0.15, 0.2) is 0 Å². The lowest BCUT2D eigenvalue weighted by molar-refractivity contribution is 0.0701. The van der Waals surface area contributed by atoms with Crippen LogP contribution in [0.1, 0.15) is 40.9 Å². The molecule has 0 amide bonds. The summed E-state index contributed by atoms with van der Waals surface area (Å²) in [7, 11) is 0. The zero-order valence-corrected chi connectivity index (χ0v) is 16.2. The molecule has 1 saturated carbocycles. The van der Waals surface area contributed by atoms with E-state index in [1.807, 2.05) is 12.1 Å². The fourth-order valence-electron chi connectivity index (χ4n) is 3.44. The number of anilines is 2. The van der Waals surface area contributed by atoms with E-state index >= 15 is 0 Å². The molecule has 146 valence electrons. The number of nitrogens with one attached hydrogen (secondary N) is 1. The van der Waals surface area contributed by atoms with Crippen LogP contribution in [0.3, 0.4) is 0 Å². The van der Waals surface area contributed by atoms with Crippen molar-refractivity contribution in [1.82, 2.24) is 15.0 Å². The average Bonchev–Trinajstić information content (AvgIpc) is 3.03. The van der Waals surface area contributed by atoms with Crippen LogP contribution < -0.4 is 15.8 Å². The molecular formula is C19H21N5O3S. The van der Waals surface area contributed by atoms with Crippen LogP contribution in [0.5, 0.6) is 5.88 Å². The van der Waals surface area contributed by atoms with Gasteiger partial charge in [0.1, 0.15) is 33.6 Å². The molecule has 28 heavy (non-hydrogen) atoms. The van der Waals surface area contributed by atoms with Crippen LogP contribution in [-0.4, -0.2) is 38.2 Å². The zero-order chi connectivity index (χ0) is 19.7. The number of hydrogen-bond acceptors (Lipinski definition) is 8. The molecule has 1 fully saturated rings. The second-order valence-electron chi connectivity index (χ2n) is 6.90. The first-order valence-electron chi connectivity index (χ1n) is 9.14. The van der Waals surface area contributed by atoms with Crippen molar-refractivity contribution >= 4 is 39.0 Å². The molecule has 0 radical (unpaired) electrons. The molecule has 1 aliphatic carbocycles. The van der Waals surface area contributed by atoms with Gasteiger partial charge in [0, 0.05) is 12.2 Å². The SMILES string of the molecule is Cc1c(C(=O)O)sc2ncnc(Nc3cccnc3O[C@H]3CC[C@H](N)CC3)c12. The van der Waals surface area contributed by atoms with Gasteiger partial charge in [-0.1, -0.05) is 0 Å². The Kier molecular flexibility index (Phi) is 5.10. The summed E-state index contributed by atoms with van der Waals surface area (Å²) >= 11 is 1.14. The van der Waals surface area contributed by atoms with E-state index in [0.29, 0.717) is 33.2 Å². The summed E-state index contributed by atoms with van der Waals surface area (Å²) in [5.41, 5.74) is 7.30. The number of carboxylic acid groups (broad SMARTS) is 1. The molecule has 0 aromatic carbocycles. The van der Waals surface area contributed by atoms with Gasteiger partial charge in [0.05, 0.1) is 5.39 Å². The van der Waals surface area contributed by atoms with Crippen LogP contribution in [0, 0.1) is 6.92 Å². The van der Waals surface area contributed by atoms with Crippen LogP contribution >= 0.6 is 11.3 Å². The second-order valence-corrected chi connectivity index (χ2v) is 7.90. The minimum Gasteiger partial charge on any atom is -0.477 e. The number of fused-ring (bicyclic) bond motifs is 1. The van der Waals surface area contributed by atoms with E-state index < -0.39 is 5.97 Å². The Balaban J connectivity index is 1.64. The van der Waals surface area contributed by atoms with E-state index in [1.165, 1.54) is 6.33 Å². The number of rotatable bonds is 5. The third-order valence-electron chi connectivity index (χ3n) is 4.94. The molecule has 1 aliphatic rings. The van der Waals surface area contributed by atoms with E-state index in [2.05, 4.69) is 20.3 Å². The highest BCUT2D eigenvalue weighted by Gasteiger charge is 2.22. The number of carbonyl (C=O) groups is 1. The van der Waals surface area contributed by atoms with Gasteiger partial charge in [0.2, 0.25) is 5.88 Å². The topological polar surface area (TPSA) is 123 Å². The molecule has 9 heteroatoms. The number of carboxylic acids is 1. The number of hydrogen-bond donors (Lipinski definition) is 3. The first kappa shape index (κ1) is 18.6. The molecule has 3 heterocycles. The molecule has 0 spiro atoms. The molecule has 3 aromatic rings. The van der Waals surface area contributed by atoms with Crippen LogP contribution in [0.15, 0.2) is 24.7 Å². The number of aromatic nitrogens is 3. The van der Waals surface area contributed by atoms with Crippen LogP contribution in [0.4, 0.5) is 11.5 Å². The third-order valence-corrected chi connectivity index (χ3v) is 6.13. The minimum absolute atomic E-state index is 0.0853. The molecule has 8 nitrogen and oxygen atoms in total. The Hall–Kier alpha value is -2.78. The van der Waals surface area contributed by atoms with Crippen molar-refractivity contribution in [2.45, 2.75) is 44.8 Å². The molecule has 4 rings (SSSR count). The molecule has 0 saturated heterocycles. The average molecular weight is 399 g/mol. The molecule has 0 bridgehead atoms. The number of aryl methyl sites for hydroxylation is 1. The predicted octanol–water partition coefficient (Wildman–Crippen LogP) is 3.49. The van der Waals surface area contributed by atoms with E-state index in [4.69, 9.17) is 10.5 Å². The van der Waals surface area contributed by atoms with Gasteiger partial charge in [-0.05, 0) is 50.3 Å². The summed E-state index contributed by atoms with van der Waals surface area (Å²) in [6.07, 6.45) is 6.88. The molecule has 0 aliphatic heterocycles. The predicted molar refractivity (Wildman–Crippen MR) is 107 cm³/mol. The monoisotopic (exact) mass is 399 g/mol. The Labute approximate surface area is 165 Å². The van der Waals surface area contributed by atoms with Gasteiger partial charge < -0.3 is 20.9 Å². The van der Waals surface area contributed by atoms with Crippen molar-refractivity contribution in [3.05, 3.63) is 35.1 Å². The normalized spacial score (nSPS) is 19.5. The zero-order valence-electron chi connectivity index (χ0n) is 15.4. The lowest BCUT2D eigenvalue weighted by Gasteiger charge is -2.27. The lowest BCUT2D eigenvalue weighted by atomic mass is 9.94. The Morgan fingerprint density at radius 3 is 2.82 bits per heavy atom. The maximum Gasteiger partial charge on any atom is 0.346 e. The van der Waals surface area contributed by atoms with Crippen molar-refractivity contribution in [2.75, 3.05) is 5.32 Å². The Bertz CT molecular complexity index is 1010. The number of aromatic carboxylic acids is 1. The van der Waals surface area contributed by atoms with Gasteiger partial charge in [-0.2, -0.15) is 0 Å². The third kappa shape index (κ3) is 3.63. The maximum absolute atomic E-state index is 11.5.